The van der Waals surface area contributed by atoms with E-state index >= 15 is 0 Å². The van der Waals surface area contributed by atoms with Gasteiger partial charge in [-0.15, -0.1) is 11.3 Å². The molecule has 1 aromatic carbocycles. The van der Waals surface area contributed by atoms with E-state index in [1.165, 1.54) is 11.3 Å². The van der Waals surface area contributed by atoms with Crippen LogP contribution in [0.15, 0.2) is 23.6 Å². The van der Waals surface area contributed by atoms with Gasteiger partial charge in [-0.25, -0.2) is 4.79 Å². The number of aliphatic carboxylic acids is 1. The van der Waals surface area contributed by atoms with Gasteiger partial charge in [0.05, 0.1) is 9.90 Å². The molecule has 2 heterocycles. The number of ether oxygens (including phenoxy) is 1. The Morgan fingerprint density at radius 2 is 2.09 bits per heavy atom. The first-order valence-electron chi connectivity index (χ1n) is 6.47. The van der Waals surface area contributed by atoms with Crippen molar-refractivity contribution in [1.29, 1.82) is 0 Å². The molecule has 1 aliphatic heterocycles. The largest absolute Gasteiger partial charge is 0.479 e. The SMILES string of the molecule is O=C(c1cccs1)c1cc2c(c(Cl)c1Cl)OC(C(=O)O)CC2. The van der Waals surface area contributed by atoms with E-state index in [2.05, 4.69) is 0 Å². The highest BCUT2D eigenvalue weighted by atomic mass is 35.5. The van der Waals surface area contributed by atoms with Crippen LogP contribution in [0.5, 0.6) is 5.75 Å². The van der Waals surface area contributed by atoms with Crippen LogP contribution in [-0.2, 0) is 11.2 Å². The Balaban J connectivity index is 2.04. The van der Waals surface area contributed by atoms with Gasteiger partial charge in [0.15, 0.2) is 6.10 Å². The molecule has 0 fully saturated rings. The molecule has 0 bridgehead atoms. The van der Waals surface area contributed by atoms with Crippen LogP contribution < -0.4 is 4.74 Å². The van der Waals surface area contributed by atoms with Crippen LogP contribution in [0.1, 0.15) is 27.2 Å². The molecule has 0 amide bonds. The van der Waals surface area contributed by atoms with Gasteiger partial charge >= 0.3 is 5.97 Å². The van der Waals surface area contributed by atoms with E-state index in [4.69, 9.17) is 33.0 Å². The lowest BCUT2D eigenvalue weighted by atomic mass is 9.98. The number of fused-ring (bicyclic) bond motifs is 1. The van der Waals surface area contributed by atoms with E-state index in [9.17, 15) is 9.59 Å². The van der Waals surface area contributed by atoms with E-state index in [1.807, 2.05) is 5.38 Å². The average molecular weight is 357 g/mol. The van der Waals surface area contributed by atoms with E-state index in [1.54, 1.807) is 18.2 Å². The number of aryl methyl sites for hydroxylation is 1. The number of carboxylic acid groups (broad SMARTS) is 1. The minimum Gasteiger partial charge on any atom is -0.479 e. The summed E-state index contributed by atoms with van der Waals surface area (Å²) in [6.45, 7) is 0. The van der Waals surface area contributed by atoms with Crippen molar-refractivity contribution in [3.63, 3.8) is 0 Å². The highest BCUT2D eigenvalue weighted by Crippen LogP contribution is 2.42. The third kappa shape index (κ3) is 2.60. The first-order valence-corrected chi connectivity index (χ1v) is 8.11. The number of hydrogen-bond acceptors (Lipinski definition) is 4. The van der Waals surface area contributed by atoms with Crippen molar-refractivity contribution in [1.82, 2.24) is 0 Å². The molecule has 7 heteroatoms. The fraction of sp³-hybridized carbons (Fsp3) is 0.200. The highest BCUT2D eigenvalue weighted by Gasteiger charge is 2.30. The maximum absolute atomic E-state index is 12.5. The molecule has 114 valence electrons. The summed E-state index contributed by atoms with van der Waals surface area (Å²) >= 11 is 13.7. The van der Waals surface area contributed by atoms with Gasteiger partial charge in [-0.05, 0) is 35.9 Å². The molecule has 1 atom stereocenters. The molecule has 1 aliphatic rings. The summed E-state index contributed by atoms with van der Waals surface area (Å²) in [5.41, 5.74) is 1.01. The van der Waals surface area contributed by atoms with Crippen molar-refractivity contribution in [2.45, 2.75) is 18.9 Å². The topological polar surface area (TPSA) is 63.6 Å². The first-order chi connectivity index (χ1) is 10.5. The molecule has 1 N–H and O–H groups in total. The molecule has 2 aromatic rings. The fourth-order valence-corrected chi connectivity index (χ4v) is 3.51. The van der Waals surface area contributed by atoms with Crippen molar-refractivity contribution in [3.8, 4) is 5.75 Å². The van der Waals surface area contributed by atoms with E-state index in [0.717, 1.165) is 0 Å². The molecule has 0 radical (unpaired) electrons. The number of carboxylic acids is 1. The molecule has 3 rings (SSSR count). The molecule has 0 saturated carbocycles. The number of thiophene rings is 1. The molecule has 0 spiro atoms. The second kappa shape index (κ2) is 5.91. The zero-order valence-corrected chi connectivity index (χ0v) is 13.5. The van der Waals surface area contributed by atoms with Crippen LogP contribution >= 0.6 is 34.5 Å². The number of ketones is 1. The summed E-state index contributed by atoms with van der Waals surface area (Å²) in [6, 6.07) is 5.14. The zero-order chi connectivity index (χ0) is 15.9. The summed E-state index contributed by atoms with van der Waals surface area (Å²) in [6.07, 6.45) is -0.152. The number of carbonyl (C=O) groups is 2. The second-order valence-corrected chi connectivity index (χ2v) is 6.53. The Morgan fingerprint density at radius 3 is 2.73 bits per heavy atom. The minimum atomic E-state index is -1.04. The lowest BCUT2D eigenvalue weighted by molar-refractivity contribution is -0.145. The predicted molar refractivity (Wildman–Crippen MR) is 84.6 cm³/mol. The molecule has 0 aliphatic carbocycles. The van der Waals surface area contributed by atoms with Crippen molar-refractivity contribution in [3.05, 3.63) is 49.6 Å². The zero-order valence-electron chi connectivity index (χ0n) is 11.1. The fourth-order valence-electron chi connectivity index (χ4n) is 2.34. The van der Waals surface area contributed by atoms with Gasteiger partial charge in [-0.3, -0.25) is 4.79 Å². The van der Waals surface area contributed by atoms with Crippen LogP contribution in [0.4, 0.5) is 0 Å². The second-order valence-electron chi connectivity index (χ2n) is 4.83. The lowest BCUT2D eigenvalue weighted by Gasteiger charge is -2.25. The summed E-state index contributed by atoms with van der Waals surface area (Å²) in [5.74, 6) is -0.991. The Kier molecular flexibility index (Phi) is 4.12. The first kappa shape index (κ1) is 15.3. The smallest absolute Gasteiger partial charge is 0.344 e. The van der Waals surface area contributed by atoms with Crippen LogP contribution in [0.25, 0.3) is 0 Å². The molecular formula is C15H10Cl2O4S. The summed E-state index contributed by atoms with van der Waals surface area (Å²) < 4.78 is 5.41. The molecule has 1 unspecified atom stereocenters. The van der Waals surface area contributed by atoms with Crippen molar-refractivity contribution < 1.29 is 19.4 Å². The van der Waals surface area contributed by atoms with Crippen LogP contribution in [0.2, 0.25) is 10.0 Å². The standard InChI is InChI=1S/C15H10Cl2O4S/c16-11-8(13(18)10-2-1-5-22-10)6-7-3-4-9(15(19)20)21-14(7)12(11)17/h1-2,5-6,9H,3-4H2,(H,19,20). The predicted octanol–water partition coefficient (Wildman–Crippen LogP) is 4.06. The number of halogens is 2. The third-order valence-electron chi connectivity index (χ3n) is 3.44. The molecule has 1 aromatic heterocycles. The third-order valence-corrected chi connectivity index (χ3v) is 5.16. The van der Waals surface area contributed by atoms with Gasteiger partial charge in [0.1, 0.15) is 10.8 Å². The van der Waals surface area contributed by atoms with Gasteiger partial charge in [-0.1, -0.05) is 29.3 Å². The quantitative estimate of drug-likeness (QED) is 0.842. The molecular weight excluding hydrogens is 347 g/mol. The van der Waals surface area contributed by atoms with Gasteiger partial charge in [0.2, 0.25) is 5.78 Å². The molecule has 22 heavy (non-hydrogen) atoms. The highest BCUT2D eigenvalue weighted by molar-refractivity contribution is 7.12. The van der Waals surface area contributed by atoms with Crippen molar-refractivity contribution in [2.75, 3.05) is 0 Å². The monoisotopic (exact) mass is 356 g/mol. The number of hydrogen-bond donors (Lipinski definition) is 1. The summed E-state index contributed by atoms with van der Waals surface area (Å²) in [7, 11) is 0. The number of carbonyl (C=O) groups excluding carboxylic acids is 1. The Morgan fingerprint density at radius 1 is 1.32 bits per heavy atom. The summed E-state index contributed by atoms with van der Waals surface area (Å²) in [5, 5.41) is 11.0. The normalized spacial score (nSPS) is 16.7. The number of benzene rings is 1. The number of rotatable bonds is 3. The maximum atomic E-state index is 12.5. The lowest BCUT2D eigenvalue weighted by Crippen LogP contribution is -2.31. The van der Waals surface area contributed by atoms with Gasteiger partial charge in [0.25, 0.3) is 0 Å². The molecule has 4 nitrogen and oxygen atoms in total. The Labute approximate surface area is 140 Å². The van der Waals surface area contributed by atoms with Crippen LogP contribution in [-0.4, -0.2) is 23.0 Å². The van der Waals surface area contributed by atoms with E-state index in [-0.39, 0.29) is 21.6 Å². The van der Waals surface area contributed by atoms with Crippen LogP contribution in [0.3, 0.4) is 0 Å². The molecule has 0 saturated heterocycles. The van der Waals surface area contributed by atoms with E-state index in [0.29, 0.717) is 28.8 Å². The van der Waals surface area contributed by atoms with Crippen molar-refractivity contribution >= 4 is 46.3 Å². The maximum Gasteiger partial charge on any atom is 0.344 e. The summed E-state index contributed by atoms with van der Waals surface area (Å²) in [4.78, 5) is 24.1. The minimum absolute atomic E-state index is 0.0878. The Bertz CT molecular complexity index is 755. The van der Waals surface area contributed by atoms with E-state index < -0.39 is 12.1 Å². The Hall–Kier alpha value is -1.56. The van der Waals surface area contributed by atoms with Crippen LogP contribution in [0, 0.1) is 0 Å². The van der Waals surface area contributed by atoms with Gasteiger partial charge in [0, 0.05) is 5.56 Å². The van der Waals surface area contributed by atoms with Crippen molar-refractivity contribution in [2.24, 2.45) is 0 Å². The van der Waals surface area contributed by atoms with Gasteiger partial charge < -0.3 is 9.84 Å². The average Bonchev–Trinajstić information content (AvgIpc) is 3.04. The van der Waals surface area contributed by atoms with Gasteiger partial charge in [-0.2, -0.15) is 0 Å².